The molecule has 2 aliphatic rings. The third kappa shape index (κ3) is 2.69. The van der Waals surface area contributed by atoms with Gasteiger partial charge in [0, 0.05) is 23.8 Å². The number of carbonyl (C=O) groups excluding carboxylic acids is 1. The van der Waals surface area contributed by atoms with Crippen molar-refractivity contribution in [3.8, 4) is 0 Å². The van der Waals surface area contributed by atoms with Gasteiger partial charge in [0.05, 0.1) is 11.3 Å². The summed E-state index contributed by atoms with van der Waals surface area (Å²) in [6.45, 7) is 0. The number of benzene rings is 1. The highest BCUT2D eigenvalue weighted by Gasteiger charge is 2.28. The van der Waals surface area contributed by atoms with Gasteiger partial charge in [-0.25, -0.2) is 0 Å². The van der Waals surface area contributed by atoms with Crippen molar-refractivity contribution in [1.82, 2.24) is 0 Å². The summed E-state index contributed by atoms with van der Waals surface area (Å²) >= 11 is 0. The van der Waals surface area contributed by atoms with E-state index in [4.69, 9.17) is 5.73 Å². The number of rotatable bonds is 3. The summed E-state index contributed by atoms with van der Waals surface area (Å²) in [6, 6.07) is 3.16. The van der Waals surface area contributed by atoms with Gasteiger partial charge in [0.1, 0.15) is 5.69 Å². The molecule has 1 aromatic rings. The molecule has 0 unspecified atom stereocenters. The molecular formula is C14H18N4O3. The predicted molar refractivity (Wildman–Crippen MR) is 79.3 cm³/mol. The predicted octanol–water partition coefficient (Wildman–Crippen LogP) is 1.77. The largest absolute Gasteiger partial charge is 0.375 e. The molecule has 1 aromatic carbocycles. The number of carbonyl (C=O) groups is 1. The fourth-order valence-electron chi connectivity index (χ4n) is 3.07. The Morgan fingerprint density at radius 3 is 2.81 bits per heavy atom. The van der Waals surface area contributed by atoms with Gasteiger partial charge in [-0.2, -0.15) is 0 Å². The van der Waals surface area contributed by atoms with Gasteiger partial charge in [-0.15, -0.1) is 0 Å². The molecule has 0 aromatic heterocycles. The van der Waals surface area contributed by atoms with Crippen molar-refractivity contribution in [2.75, 3.05) is 10.6 Å². The molecule has 7 heteroatoms. The van der Waals surface area contributed by atoms with Gasteiger partial charge in [-0.3, -0.25) is 14.9 Å². The number of nitrogens with one attached hydrogen (secondary N) is 2. The molecule has 4 N–H and O–H groups in total. The van der Waals surface area contributed by atoms with E-state index in [0.29, 0.717) is 16.9 Å². The Labute approximate surface area is 122 Å². The van der Waals surface area contributed by atoms with E-state index in [-0.39, 0.29) is 30.1 Å². The van der Waals surface area contributed by atoms with Crippen molar-refractivity contribution in [2.45, 2.75) is 44.2 Å². The monoisotopic (exact) mass is 290 g/mol. The maximum atomic E-state index is 11.4. The molecule has 0 radical (unpaired) electrons. The van der Waals surface area contributed by atoms with Crippen molar-refractivity contribution in [2.24, 2.45) is 5.73 Å². The molecule has 3 rings (SSSR count). The number of amides is 1. The molecule has 1 heterocycles. The van der Waals surface area contributed by atoms with E-state index in [9.17, 15) is 14.9 Å². The minimum absolute atomic E-state index is 0.00111. The zero-order valence-corrected chi connectivity index (χ0v) is 11.6. The summed E-state index contributed by atoms with van der Waals surface area (Å²) in [5.74, 6) is -0.134. The summed E-state index contributed by atoms with van der Waals surface area (Å²) in [6.07, 6.45) is 4.19. The molecule has 1 saturated carbocycles. The van der Waals surface area contributed by atoms with Crippen LogP contribution in [0.25, 0.3) is 0 Å². The maximum Gasteiger partial charge on any atom is 0.292 e. The first-order valence-corrected chi connectivity index (χ1v) is 7.18. The number of nitrogens with zero attached hydrogens (tertiary/aromatic N) is 1. The number of nitro benzene ring substituents is 1. The maximum absolute atomic E-state index is 11.4. The van der Waals surface area contributed by atoms with Gasteiger partial charge in [-0.05, 0) is 24.5 Å². The molecule has 1 amide bonds. The average molecular weight is 290 g/mol. The molecule has 0 bridgehead atoms. The average Bonchev–Trinajstić information content (AvgIpc) is 2.79. The van der Waals surface area contributed by atoms with Gasteiger partial charge >= 0.3 is 0 Å². The van der Waals surface area contributed by atoms with E-state index in [2.05, 4.69) is 10.6 Å². The minimum atomic E-state index is -0.417. The first kappa shape index (κ1) is 13.8. The lowest BCUT2D eigenvalue weighted by Crippen LogP contribution is -2.42. The van der Waals surface area contributed by atoms with Crippen LogP contribution in [0.2, 0.25) is 0 Å². The second-order valence-electron chi connectivity index (χ2n) is 5.71. The smallest absolute Gasteiger partial charge is 0.292 e. The van der Waals surface area contributed by atoms with E-state index in [1.807, 2.05) is 0 Å². The molecule has 0 spiro atoms. The Hall–Kier alpha value is -2.15. The summed E-state index contributed by atoms with van der Waals surface area (Å²) in [7, 11) is 0. The molecule has 1 aliphatic heterocycles. The van der Waals surface area contributed by atoms with Crippen LogP contribution in [-0.4, -0.2) is 22.9 Å². The number of hydrogen-bond donors (Lipinski definition) is 3. The molecule has 1 fully saturated rings. The fraction of sp³-hybridized carbons (Fsp3) is 0.500. The van der Waals surface area contributed by atoms with Crippen molar-refractivity contribution >= 4 is 23.0 Å². The van der Waals surface area contributed by atoms with Crippen LogP contribution >= 0.6 is 0 Å². The molecular weight excluding hydrogens is 272 g/mol. The van der Waals surface area contributed by atoms with Crippen LogP contribution in [0.3, 0.4) is 0 Å². The Kier molecular flexibility index (Phi) is 3.50. The van der Waals surface area contributed by atoms with E-state index in [0.717, 1.165) is 25.7 Å². The lowest BCUT2D eigenvalue weighted by Gasteiger charge is -2.30. The normalized spacial score (nSPS) is 24.3. The van der Waals surface area contributed by atoms with Crippen molar-refractivity contribution < 1.29 is 9.72 Å². The van der Waals surface area contributed by atoms with Gasteiger partial charge < -0.3 is 16.4 Å². The van der Waals surface area contributed by atoms with Crippen LogP contribution in [0, 0.1) is 10.1 Å². The third-order valence-corrected chi connectivity index (χ3v) is 4.20. The zero-order valence-electron chi connectivity index (χ0n) is 11.6. The summed E-state index contributed by atoms with van der Waals surface area (Å²) < 4.78 is 0. The summed E-state index contributed by atoms with van der Waals surface area (Å²) in [5, 5.41) is 17.2. The van der Waals surface area contributed by atoms with E-state index in [1.165, 1.54) is 6.07 Å². The number of nitrogens with two attached hydrogens (primary N) is 1. The first-order valence-electron chi connectivity index (χ1n) is 7.18. The fourth-order valence-corrected chi connectivity index (χ4v) is 3.07. The molecule has 0 saturated heterocycles. The van der Waals surface area contributed by atoms with Crippen LogP contribution in [0.15, 0.2) is 12.1 Å². The molecule has 21 heavy (non-hydrogen) atoms. The van der Waals surface area contributed by atoms with Gasteiger partial charge in [-0.1, -0.05) is 12.8 Å². The standard InChI is InChI=1S/C14H18N4O3/c15-9-3-1-2-4-10(9)16-12-7-11-8(6-14(19)17-11)5-13(12)18(20)21/h5,7,9-10,16H,1-4,6,15H2,(H,17,19)/t9-,10-/m1/s1. The molecule has 2 atom stereocenters. The SMILES string of the molecule is N[C@@H]1CCCC[C@H]1Nc1cc2c(cc1[N+](=O)[O-])CC(=O)N2. The highest BCUT2D eigenvalue weighted by atomic mass is 16.6. The van der Waals surface area contributed by atoms with Crippen molar-refractivity contribution in [3.05, 3.63) is 27.8 Å². The van der Waals surface area contributed by atoms with Crippen LogP contribution in [0.1, 0.15) is 31.2 Å². The van der Waals surface area contributed by atoms with E-state index >= 15 is 0 Å². The van der Waals surface area contributed by atoms with Crippen LogP contribution in [-0.2, 0) is 11.2 Å². The second-order valence-corrected chi connectivity index (χ2v) is 5.71. The third-order valence-electron chi connectivity index (χ3n) is 4.20. The highest BCUT2D eigenvalue weighted by molar-refractivity contribution is 6.00. The molecule has 112 valence electrons. The summed E-state index contributed by atoms with van der Waals surface area (Å²) in [5.41, 5.74) is 7.84. The lowest BCUT2D eigenvalue weighted by atomic mass is 9.90. The Morgan fingerprint density at radius 2 is 2.10 bits per heavy atom. The molecule has 7 nitrogen and oxygen atoms in total. The van der Waals surface area contributed by atoms with E-state index < -0.39 is 4.92 Å². The van der Waals surface area contributed by atoms with Crippen LogP contribution < -0.4 is 16.4 Å². The number of fused-ring (bicyclic) bond motifs is 1. The van der Waals surface area contributed by atoms with Crippen LogP contribution in [0.5, 0.6) is 0 Å². The van der Waals surface area contributed by atoms with Crippen molar-refractivity contribution in [3.63, 3.8) is 0 Å². The van der Waals surface area contributed by atoms with Crippen molar-refractivity contribution in [1.29, 1.82) is 0 Å². The zero-order chi connectivity index (χ0) is 15.0. The number of nitro groups is 1. The second kappa shape index (κ2) is 5.33. The lowest BCUT2D eigenvalue weighted by molar-refractivity contribution is -0.384. The van der Waals surface area contributed by atoms with Gasteiger partial charge in [0.15, 0.2) is 0 Å². The van der Waals surface area contributed by atoms with Crippen LogP contribution in [0.4, 0.5) is 17.1 Å². The molecule has 1 aliphatic carbocycles. The highest BCUT2D eigenvalue weighted by Crippen LogP contribution is 2.35. The number of hydrogen-bond acceptors (Lipinski definition) is 5. The van der Waals surface area contributed by atoms with E-state index in [1.54, 1.807) is 6.07 Å². The Bertz CT molecular complexity index is 602. The van der Waals surface area contributed by atoms with Gasteiger partial charge in [0.2, 0.25) is 5.91 Å². The number of anilines is 2. The quantitative estimate of drug-likeness (QED) is 0.580. The first-order chi connectivity index (χ1) is 10.0. The summed E-state index contributed by atoms with van der Waals surface area (Å²) in [4.78, 5) is 22.3. The Balaban J connectivity index is 1.91. The topological polar surface area (TPSA) is 110 Å². The minimum Gasteiger partial charge on any atom is -0.375 e. The Morgan fingerprint density at radius 1 is 1.33 bits per heavy atom. The van der Waals surface area contributed by atoms with Gasteiger partial charge in [0.25, 0.3) is 5.69 Å².